The SMILES string of the molecule is CCOC(=O)CC1C(=O)NCCN1C(=S)NC(=O)/C=C/c1cccs1. The van der Waals surface area contributed by atoms with Crippen LogP contribution in [0.15, 0.2) is 23.6 Å². The van der Waals surface area contributed by atoms with Gasteiger partial charge in [-0.1, -0.05) is 6.07 Å². The van der Waals surface area contributed by atoms with Crippen LogP contribution < -0.4 is 10.6 Å². The lowest BCUT2D eigenvalue weighted by molar-refractivity contribution is -0.147. The second-order valence-electron chi connectivity index (χ2n) is 5.15. The normalized spacial score (nSPS) is 17.2. The van der Waals surface area contributed by atoms with E-state index in [9.17, 15) is 14.4 Å². The van der Waals surface area contributed by atoms with Crippen LogP contribution in [0.25, 0.3) is 6.08 Å². The zero-order valence-electron chi connectivity index (χ0n) is 13.7. The molecule has 0 aromatic carbocycles. The molecule has 0 spiro atoms. The van der Waals surface area contributed by atoms with Gasteiger partial charge >= 0.3 is 5.97 Å². The van der Waals surface area contributed by atoms with Crippen LogP contribution in [0.3, 0.4) is 0 Å². The van der Waals surface area contributed by atoms with Crippen molar-refractivity contribution in [3.63, 3.8) is 0 Å². The molecule has 2 amide bonds. The van der Waals surface area contributed by atoms with Crippen molar-refractivity contribution >= 4 is 52.5 Å². The number of ether oxygens (including phenoxy) is 1. The molecule has 0 aliphatic carbocycles. The van der Waals surface area contributed by atoms with Crippen molar-refractivity contribution in [2.45, 2.75) is 19.4 Å². The maximum absolute atomic E-state index is 12.1. The van der Waals surface area contributed by atoms with Crippen LogP contribution >= 0.6 is 23.6 Å². The maximum atomic E-state index is 12.1. The minimum Gasteiger partial charge on any atom is -0.466 e. The fourth-order valence-electron chi connectivity index (χ4n) is 2.30. The monoisotopic (exact) mass is 381 g/mol. The predicted octanol–water partition coefficient (Wildman–Crippen LogP) is 0.916. The quantitative estimate of drug-likeness (QED) is 0.448. The summed E-state index contributed by atoms with van der Waals surface area (Å²) in [6.45, 7) is 2.73. The van der Waals surface area contributed by atoms with E-state index in [0.717, 1.165) is 4.88 Å². The number of esters is 1. The smallest absolute Gasteiger partial charge is 0.308 e. The summed E-state index contributed by atoms with van der Waals surface area (Å²) < 4.78 is 4.90. The Balaban J connectivity index is 1.98. The summed E-state index contributed by atoms with van der Waals surface area (Å²) in [6, 6.07) is 2.98. The van der Waals surface area contributed by atoms with E-state index < -0.39 is 12.0 Å². The lowest BCUT2D eigenvalue weighted by Crippen LogP contribution is -2.60. The fourth-order valence-corrected chi connectivity index (χ4v) is 3.24. The molecule has 1 saturated heterocycles. The molecule has 1 aromatic heterocycles. The van der Waals surface area contributed by atoms with Gasteiger partial charge in [-0.25, -0.2) is 0 Å². The third-order valence-electron chi connectivity index (χ3n) is 3.43. The molecule has 2 N–H and O–H groups in total. The Labute approximate surface area is 155 Å². The van der Waals surface area contributed by atoms with E-state index in [0.29, 0.717) is 13.1 Å². The van der Waals surface area contributed by atoms with Crippen molar-refractivity contribution < 1.29 is 19.1 Å². The van der Waals surface area contributed by atoms with E-state index in [1.807, 2.05) is 17.5 Å². The van der Waals surface area contributed by atoms with E-state index in [1.54, 1.807) is 17.9 Å². The van der Waals surface area contributed by atoms with Crippen LogP contribution in [0.4, 0.5) is 0 Å². The molecule has 2 rings (SSSR count). The van der Waals surface area contributed by atoms with Gasteiger partial charge in [0.05, 0.1) is 13.0 Å². The number of carbonyl (C=O) groups excluding carboxylic acids is 3. The Morgan fingerprint density at radius 1 is 1.56 bits per heavy atom. The summed E-state index contributed by atoms with van der Waals surface area (Å²) in [5.41, 5.74) is 0. The summed E-state index contributed by atoms with van der Waals surface area (Å²) >= 11 is 6.75. The Morgan fingerprint density at radius 2 is 2.36 bits per heavy atom. The van der Waals surface area contributed by atoms with Crippen LogP contribution in [-0.4, -0.2) is 53.5 Å². The lowest BCUT2D eigenvalue weighted by Gasteiger charge is -2.36. The molecule has 1 unspecified atom stereocenters. The van der Waals surface area contributed by atoms with Crippen molar-refractivity contribution in [2.75, 3.05) is 19.7 Å². The highest BCUT2D eigenvalue weighted by Crippen LogP contribution is 2.12. The lowest BCUT2D eigenvalue weighted by atomic mass is 10.1. The van der Waals surface area contributed by atoms with Gasteiger partial charge in [-0.3, -0.25) is 19.7 Å². The minimum atomic E-state index is -0.790. The molecule has 0 bridgehead atoms. The number of nitrogens with one attached hydrogen (secondary N) is 2. The van der Waals surface area contributed by atoms with E-state index in [-0.39, 0.29) is 30.0 Å². The molecule has 1 aromatic rings. The highest BCUT2D eigenvalue weighted by Gasteiger charge is 2.33. The number of piperazine rings is 1. The maximum Gasteiger partial charge on any atom is 0.308 e. The molecule has 1 aliphatic rings. The van der Waals surface area contributed by atoms with E-state index in [4.69, 9.17) is 17.0 Å². The van der Waals surface area contributed by atoms with Gasteiger partial charge in [-0.2, -0.15) is 0 Å². The first-order valence-corrected chi connectivity index (χ1v) is 9.06. The highest BCUT2D eigenvalue weighted by atomic mass is 32.1. The third kappa shape index (κ3) is 5.64. The number of thiophene rings is 1. The number of amides is 2. The number of carbonyl (C=O) groups is 3. The summed E-state index contributed by atoms with van der Waals surface area (Å²) in [6.07, 6.45) is 2.94. The Bertz CT molecular complexity index is 673. The van der Waals surface area contributed by atoms with E-state index in [1.165, 1.54) is 17.4 Å². The van der Waals surface area contributed by atoms with Gasteiger partial charge in [-0.15, -0.1) is 11.3 Å². The molecule has 1 aliphatic heterocycles. The number of hydrogen-bond acceptors (Lipinski definition) is 6. The summed E-state index contributed by atoms with van der Waals surface area (Å²) in [4.78, 5) is 38.3. The summed E-state index contributed by atoms with van der Waals surface area (Å²) in [7, 11) is 0. The van der Waals surface area contributed by atoms with Crippen LogP contribution in [0.1, 0.15) is 18.2 Å². The first kappa shape index (κ1) is 19.1. The van der Waals surface area contributed by atoms with Crippen LogP contribution in [0.2, 0.25) is 0 Å². The molecule has 9 heteroatoms. The zero-order valence-corrected chi connectivity index (χ0v) is 15.3. The third-order valence-corrected chi connectivity index (χ3v) is 4.60. The highest BCUT2D eigenvalue weighted by molar-refractivity contribution is 7.80. The topological polar surface area (TPSA) is 87.7 Å². The van der Waals surface area contributed by atoms with Crippen LogP contribution in [0.5, 0.6) is 0 Å². The summed E-state index contributed by atoms with van der Waals surface area (Å²) in [5.74, 6) is -1.19. The van der Waals surface area contributed by atoms with Crippen molar-refractivity contribution in [2.24, 2.45) is 0 Å². The van der Waals surface area contributed by atoms with Gasteiger partial charge in [0.2, 0.25) is 11.8 Å². The van der Waals surface area contributed by atoms with Gasteiger partial charge in [0.15, 0.2) is 5.11 Å². The largest absolute Gasteiger partial charge is 0.466 e. The number of thiocarbonyl (C=S) groups is 1. The molecule has 1 atom stereocenters. The van der Waals surface area contributed by atoms with Gasteiger partial charge in [0.25, 0.3) is 0 Å². The molecular formula is C16H19N3O4S2. The van der Waals surface area contributed by atoms with Crippen molar-refractivity contribution in [1.82, 2.24) is 15.5 Å². The molecule has 25 heavy (non-hydrogen) atoms. The average molecular weight is 381 g/mol. The standard InChI is InChI=1S/C16H19N3O4S2/c1-2-23-14(21)10-12-15(22)17-7-8-19(12)16(24)18-13(20)6-5-11-4-3-9-25-11/h3-6,9,12H,2,7-8,10H2,1H3,(H,17,22)(H,18,20,24)/b6-5+. The Morgan fingerprint density at radius 3 is 3.04 bits per heavy atom. The molecule has 0 saturated carbocycles. The minimum absolute atomic E-state index is 0.116. The molecule has 1 fully saturated rings. The van der Waals surface area contributed by atoms with Gasteiger partial charge in [0.1, 0.15) is 6.04 Å². The molecule has 134 valence electrons. The number of rotatable bonds is 5. The van der Waals surface area contributed by atoms with Crippen LogP contribution in [-0.2, 0) is 19.1 Å². The second kappa shape index (κ2) is 9.28. The van der Waals surface area contributed by atoms with Crippen molar-refractivity contribution in [3.05, 3.63) is 28.5 Å². The molecule has 0 radical (unpaired) electrons. The first-order chi connectivity index (χ1) is 12.0. The fraction of sp³-hybridized carbons (Fsp3) is 0.375. The van der Waals surface area contributed by atoms with Crippen molar-refractivity contribution in [3.8, 4) is 0 Å². The van der Waals surface area contributed by atoms with Gasteiger partial charge in [-0.05, 0) is 36.7 Å². The average Bonchev–Trinajstić information content (AvgIpc) is 3.08. The second-order valence-corrected chi connectivity index (χ2v) is 6.52. The Hall–Kier alpha value is -2.26. The Kier molecular flexibility index (Phi) is 7.08. The summed E-state index contributed by atoms with van der Waals surface area (Å²) in [5, 5.41) is 7.29. The molecule has 7 nitrogen and oxygen atoms in total. The van der Waals surface area contributed by atoms with Crippen LogP contribution in [0, 0.1) is 0 Å². The van der Waals surface area contributed by atoms with Gasteiger partial charge < -0.3 is 15.0 Å². The van der Waals surface area contributed by atoms with Gasteiger partial charge in [0, 0.05) is 24.0 Å². The number of nitrogens with zero attached hydrogens (tertiary/aromatic N) is 1. The molecule has 2 heterocycles. The number of hydrogen-bond donors (Lipinski definition) is 2. The van der Waals surface area contributed by atoms with E-state index >= 15 is 0 Å². The van der Waals surface area contributed by atoms with Crippen molar-refractivity contribution in [1.29, 1.82) is 0 Å². The van der Waals surface area contributed by atoms with E-state index in [2.05, 4.69) is 10.6 Å². The molecular weight excluding hydrogens is 362 g/mol. The zero-order chi connectivity index (χ0) is 18.2. The first-order valence-electron chi connectivity index (χ1n) is 7.77. The predicted molar refractivity (Wildman–Crippen MR) is 98.8 cm³/mol.